The normalized spacial score (nSPS) is 12.3. The van der Waals surface area contributed by atoms with Crippen molar-refractivity contribution < 1.29 is 14.6 Å². The molecule has 1 aromatic heterocycles. The predicted octanol–water partition coefficient (Wildman–Crippen LogP) is 1.75. The second-order valence-electron chi connectivity index (χ2n) is 3.87. The van der Waals surface area contributed by atoms with Gasteiger partial charge in [0.05, 0.1) is 6.61 Å². The van der Waals surface area contributed by atoms with E-state index in [-0.39, 0.29) is 6.61 Å². The molecule has 0 radical (unpaired) electrons. The molecule has 0 fully saturated rings. The molecule has 1 unspecified atom stereocenters. The number of hydrogen-bond acceptors (Lipinski definition) is 4. The lowest BCUT2D eigenvalue weighted by Gasteiger charge is -2.15. The number of carboxylic acids is 1. The van der Waals surface area contributed by atoms with Gasteiger partial charge in [-0.05, 0) is 11.5 Å². The zero-order chi connectivity index (χ0) is 13.0. The van der Waals surface area contributed by atoms with Crippen LogP contribution in [0.4, 0.5) is 5.82 Å². The number of methoxy groups -OCH3 is 1. The van der Waals surface area contributed by atoms with E-state index in [2.05, 4.69) is 10.3 Å². The molecule has 1 heterocycles. The van der Waals surface area contributed by atoms with Crippen LogP contribution in [-0.4, -0.2) is 35.8 Å². The van der Waals surface area contributed by atoms with Crippen LogP contribution in [0.15, 0.2) is 36.5 Å². The first kappa shape index (κ1) is 12.3. The van der Waals surface area contributed by atoms with Gasteiger partial charge in [-0.2, -0.15) is 0 Å². The van der Waals surface area contributed by atoms with Crippen molar-refractivity contribution >= 4 is 22.6 Å². The van der Waals surface area contributed by atoms with Crippen LogP contribution < -0.4 is 5.32 Å². The van der Waals surface area contributed by atoms with Crippen molar-refractivity contribution in [2.75, 3.05) is 19.0 Å². The third-order valence-corrected chi connectivity index (χ3v) is 2.62. The fraction of sp³-hybridized carbons (Fsp3) is 0.231. The van der Waals surface area contributed by atoms with Crippen molar-refractivity contribution in [1.29, 1.82) is 0 Å². The molecule has 0 amide bonds. The number of anilines is 1. The summed E-state index contributed by atoms with van der Waals surface area (Å²) in [5, 5.41) is 13.9. The predicted molar refractivity (Wildman–Crippen MR) is 68.7 cm³/mol. The minimum absolute atomic E-state index is 0.0836. The number of ether oxygens (including phenoxy) is 1. The largest absolute Gasteiger partial charge is 0.480 e. The number of aliphatic carboxylic acids is 1. The van der Waals surface area contributed by atoms with E-state index in [1.165, 1.54) is 7.11 Å². The number of pyridine rings is 1. The quantitative estimate of drug-likeness (QED) is 0.841. The summed E-state index contributed by atoms with van der Waals surface area (Å²) in [5.74, 6) is -0.413. The number of nitrogens with zero attached hydrogens (tertiary/aromatic N) is 1. The Hall–Kier alpha value is -2.14. The molecule has 0 aliphatic rings. The molecule has 2 rings (SSSR count). The highest BCUT2D eigenvalue weighted by Crippen LogP contribution is 2.20. The lowest BCUT2D eigenvalue weighted by atomic mass is 10.1. The molecule has 0 saturated heterocycles. The highest BCUT2D eigenvalue weighted by Gasteiger charge is 2.18. The number of aromatic nitrogens is 1. The van der Waals surface area contributed by atoms with Gasteiger partial charge in [0.25, 0.3) is 0 Å². The number of benzene rings is 1. The van der Waals surface area contributed by atoms with Crippen LogP contribution in [-0.2, 0) is 9.53 Å². The Labute approximate surface area is 104 Å². The van der Waals surface area contributed by atoms with Crippen LogP contribution in [0, 0.1) is 0 Å². The van der Waals surface area contributed by atoms with E-state index in [0.29, 0.717) is 5.82 Å². The Bertz CT molecular complexity index is 551. The number of nitrogens with one attached hydrogen (secondary N) is 1. The van der Waals surface area contributed by atoms with Crippen molar-refractivity contribution in [2.45, 2.75) is 6.04 Å². The van der Waals surface area contributed by atoms with Gasteiger partial charge in [0.15, 0.2) is 0 Å². The second-order valence-corrected chi connectivity index (χ2v) is 3.87. The molecule has 1 aromatic carbocycles. The molecule has 0 aliphatic heterocycles. The number of hydrogen-bond donors (Lipinski definition) is 2. The van der Waals surface area contributed by atoms with Crippen molar-refractivity contribution in [3.63, 3.8) is 0 Å². The molecule has 2 N–H and O–H groups in total. The molecular formula is C13H14N2O3. The van der Waals surface area contributed by atoms with Crippen LogP contribution in [0.2, 0.25) is 0 Å². The van der Waals surface area contributed by atoms with Gasteiger partial charge >= 0.3 is 5.97 Å². The van der Waals surface area contributed by atoms with Gasteiger partial charge in [-0.15, -0.1) is 0 Å². The minimum Gasteiger partial charge on any atom is -0.480 e. The Balaban J connectivity index is 2.33. The van der Waals surface area contributed by atoms with Crippen LogP contribution in [0.1, 0.15) is 0 Å². The summed E-state index contributed by atoms with van der Waals surface area (Å²) in [7, 11) is 1.47. The Morgan fingerprint density at radius 1 is 1.44 bits per heavy atom. The second kappa shape index (κ2) is 5.46. The third-order valence-electron chi connectivity index (χ3n) is 2.62. The first-order chi connectivity index (χ1) is 8.72. The smallest absolute Gasteiger partial charge is 0.328 e. The molecule has 1 atom stereocenters. The standard InChI is InChI=1S/C13H14N2O3/c1-18-8-11(13(16)17)15-12-10-5-3-2-4-9(10)6-7-14-12/h2-7,11H,8H2,1H3,(H,14,15)(H,16,17). The number of rotatable bonds is 5. The lowest BCUT2D eigenvalue weighted by molar-refractivity contribution is -0.139. The van der Waals surface area contributed by atoms with Crippen LogP contribution in [0.3, 0.4) is 0 Å². The SMILES string of the molecule is COCC(Nc1nccc2ccccc12)C(=O)O. The molecule has 94 valence electrons. The molecule has 5 heteroatoms. The van der Waals surface area contributed by atoms with Crippen molar-refractivity contribution in [1.82, 2.24) is 4.98 Å². The van der Waals surface area contributed by atoms with Gasteiger partial charge in [-0.1, -0.05) is 24.3 Å². The highest BCUT2D eigenvalue weighted by atomic mass is 16.5. The molecule has 2 aromatic rings. The molecule has 5 nitrogen and oxygen atoms in total. The van der Waals surface area contributed by atoms with Crippen LogP contribution >= 0.6 is 0 Å². The summed E-state index contributed by atoms with van der Waals surface area (Å²) in [4.78, 5) is 15.2. The van der Waals surface area contributed by atoms with E-state index in [0.717, 1.165) is 10.8 Å². The van der Waals surface area contributed by atoms with Crippen molar-refractivity contribution in [3.8, 4) is 0 Å². The maximum atomic E-state index is 11.1. The first-order valence-electron chi connectivity index (χ1n) is 5.54. The maximum absolute atomic E-state index is 11.1. The first-order valence-corrected chi connectivity index (χ1v) is 5.54. The number of fused-ring (bicyclic) bond motifs is 1. The van der Waals surface area contributed by atoms with E-state index in [4.69, 9.17) is 9.84 Å². The van der Waals surface area contributed by atoms with Gasteiger partial charge in [0.1, 0.15) is 11.9 Å². The van der Waals surface area contributed by atoms with Gasteiger partial charge in [0, 0.05) is 18.7 Å². The third kappa shape index (κ3) is 2.57. The molecule has 0 aliphatic carbocycles. The molecule has 0 spiro atoms. The van der Waals surface area contributed by atoms with Gasteiger partial charge in [-0.25, -0.2) is 9.78 Å². The van der Waals surface area contributed by atoms with Crippen LogP contribution in [0.25, 0.3) is 10.8 Å². The Kier molecular flexibility index (Phi) is 3.74. The van der Waals surface area contributed by atoms with E-state index < -0.39 is 12.0 Å². The monoisotopic (exact) mass is 246 g/mol. The fourth-order valence-electron chi connectivity index (χ4n) is 1.74. The topological polar surface area (TPSA) is 71.5 Å². The van der Waals surface area contributed by atoms with Crippen molar-refractivity contribution in [3.05, 3.63) is 36.5 Å². The Morgan fingerprint density at radius 3 is 2.94 bits per heavy atom. The lowest BCUT2D eigenvalue weighted by Crippen LogP contribution is -2.34. The van der Waals surface area contributed by atoms with Gasteiger partial charge < -0.3 is 15.2 Å². The average molecular weight is 246 g/mol. The zero-order valence-electron chi connectivity index (χ0n) is 9.96. The van der Waals surface area contributed by atoms with Crippen LogP contribution in [0.5, 0.6) is 0 Å². The molecular weight excluding hydrogens is 232 g/mol. The maximum Gasteiger partial charge on any atom is 0.328 e. The summed E-state index contributed by atoms with van der Waals surface area (Å²) in [5.41, 5.74) is 0. The number of carboxylic acid groups (broad SMARTS) is 1. The van der Waals surface area contributed by atoms with E-state index in [9.17, 15) is 4.79 Å². The molecule has 0 bridgehead atoms. The summed E-state index contributed by atoms with van der Waals surface area (Å²) >= 11 is 0. The summed E-state index contributed by atoms with van der Waals surface area (Å²) in [6.45, 7) is 0.0836. The van der Waals surface area contributed by atoms with E-state index in [1.54, 1.807) is 6.20 Å². The number of carbonyl (C=O) groups is 1. The summed E-state index contributed by atoms with van der Waals surface area (Å²) in [6, 6.07) is 8.74. The minimum atomic E-state index is -0.966. The van der Waals surface area contributed by atoms with Gasteiger partial charge in [0.2, 0.25) is 0 Å². The zero-order valence-corrected chi connectivity index (χ0v) is 9.96. The summed E-state index contributed by atoms with van der Waals surface area (Å²) in [6.07, 6.45) is 1.65. The average Bonchev–Trinajstić information content (AvgIpc) is 2.38. The summed E-state index contributed by atoms with van der Waals surface area (Å²) < 4.78 is 4.88. The molecule has 18 heavy (non-hydrogen) atoms. The molecule has 0 saturated carbocycles. The Morgan fingerprint density at radius 2 is 2.22 bits per heavy atom. The van der Waals surface area contributed by atoms with Crippen molar-refractivity contribution in [2.24, 2.45) is 0 Å². The van der Waals surface area contributed by atoms with E-state index in [1.807, 2.05) is 30.3 Å². The highest BCUT2D eigenvalue weighted by molar-refractivity contribution is 5.93. The van der Waals surface area contributed by atoms with Gasteiger partial charge in [-0.3, -0.25) is 0 Å². The fourth-order valence-corrected chi connectivity index (χ4v) is 1.74. The van der Waals surface area contributed by atoms with E-state index >= 15 is 0 Å².